The van der Waals surface area contributed by atoms with E-state index in [4.69, 9.17) is 11.6 Å². The second kappa shape index (κ2) is 10.3. The number of hydrogen-bond donors (Lipinski definition) is 1. The predicted molar refractivity (Wildman–Crippen MR) is 106 cm³/mol. The van der Waals surface area contributed by atoms with E-state index in [9.17, 15) is 9.59 Å². The molecule has 2 fully saturated rings. The Balaban J connectivity index is 0.00000243. The first-order valence-corrected chi connectivity index (χ1v) is 9.52. The van der Waals surface area contributed by atoms with Gasteiger partial charge in [0.1, 0.15) is 0 Å². The number of nitrogens with one attached hydrogen (secondary N) is 1. The van der Waals surface area contributed by atoms with Crippen LogP contribution in [-0.2, 0) is 4.79 Å². The zero-order chi connectivity index (χ0) is 17.6. The molecule has 1 aromatic carbocycles. The smallest absolute Gasteiger partial charge is 0.223 e. The van der Waals surface area contributed by atoms with Crippen molar-refractivity contribution in [2.75, 3.05) is 45.8 Å². The van der Waals surface area contributed by atoms with Crippen molar-refractivity contribution in [1.29, 1.82) is 0 Å². The first kappa shape index (κ1) is 21.2. The highest BCUT2D eigenvalue weighted by Gasteiger charge is 2.26. The molecule has 0 unspecified atom stereocenters. The van der Waals surface area contributed by atoms with Crippen molar-refractivity contribution in [3.05, 3.63) is 34.9 Å². The van der Waals surface area contributed by atoms with E-state index in [1.54, 1.807) is 12.1 Å². The number of amides is 1. The maximum Gasteiger partial charge on any atom is 0.223 e. The Morgan fingerprint density at radius 2 is 1.65 bits per heavy atom. The Morgan fingerprint density at radius 1 is 1.04 bits per heavy atom. The number of piperazine rings is 1. The Morgan fingerprint density at radius 3 is 2.27 bits per heavy atom. The zero-order valence-electron chi connectivity index (χ0n) is 15.0. The second-order valence-corrected chi connectivity index (χ2v) is 7.30. The summed E-state index contributed by atoms with van der Waals surface area (Å²) >= 11 is 5.89. The standard InChI is InChI=1S/C19H26ClN3O2.ClH/c20-17-3-1-15(2-4-17)19(25)16-5-10-22(11-6-16)12-7-18(24)23-13-8-21-9-14-23;/h1-4,16,21H,5-14H2;1H. The maximum atomic E-state index is 12.6. The Kier molecular flexibility index (Phi) is 8.35. The monoisotopic (exact) mass is 399 g/mol. The highest BCUT2D eigenvalue weighted by atomic mass is 35.5. The van der Waals surface area contributed by atoms with Gasteiger partial charge in [0.15, 0.2) is 5.78 Å². The Bertz CT molecular complexity index is 595. The summed E-state index contributed by atoms with van der Waals surface area (Å²) in [6.45, 7) is 5.99. The fourth-order valence-electron chi connectivity index (χ4n) is 3.59. The van der Waals surface area contributed by atoms with Crippen LogP contribution in [-0.4, -0.2) is 67.3 Å². The molecule has 5 nitrogen and oxygen atoms in total. The van der Waals surface area contributed by atoms with Crippen molar-refractivity contribution in [3.8, 4) is 0 Å². The fraction of sp³-hybridized carbons (Fsp3) is 0.579. The van der Waals surface area contributed by atoms with Gasteiger partial charge < -0.3 is 15.1 Å². The van der Waals surface area contributed by atoms with Crippen LogP contribution < -0.4 is 5.32 Å². The zero-order valence-corrected chi connectivity index (χ0v) is 16.5. The van der Waals surface area contributed by atoms with Crippen molar-refractivity contribution in [3.63, 3.8) is 0 Å². The molecule has 1 amide bonds. The van der Waals surface area contributed by atoms with Gasteiger partial charge in [0, 0.05) is 55.6 Å². The molecule has 2 aliphatic rings. The largest absolute Gasteiger partial charge is 0.340 e. The summed E-state index contributed by atoms with van der Waals surface area (Å²) in [6.07, 6.45) is 2.31. The number of hydrogen-bond acceptors (Lipinski definition) is 4. The molecular weight excluding hydrogens is 373 g/mol. The van der Waals surface area contributed by atoms with Gasteiger partial charge >= 0.3 is 0 Å². The number of benzene rings is 1. The van der Waals surface area contributed by atoms with Crippen LogP contribution in [0.2, 0.25) is 5.02 Å². The minimum absolute atomic E-state index is 0. The van der Waals surface area contributed by atoms with Gasteiger partial charge in [-0.2, -0.15) is 0 Å². The van der Waals surface area contributed by atoms with E-state index in [2.05, 4.69) is 10.2 Å². The lowest BCUT2D eigenvalue weighted by molar-refractivity contribution is -0.132. The summed E-state index contributed by atoms with van der Waals surface area (Å²) < 4.78 is 0. The third kappa shape index (κ3) is 5.68. The van der Waals surface area contributed by atoms with Gasteiger partial charge in [-0.3, -0.25) is 9.59 Å². The van der Waals surface area contributed by atoms with Crippen LogP contribution in [0.15, 0.2) is 24.3 Å². The van der Waals surface area contributed by atoms with Gasteiger partial charge in [-0.25, -0.2) is 0 Å². The minimum atomic E-state index is 0. The van der Waals surface area contributed by atoms with Crippen LogP contribution in [0.5, 0.6) is 0 Å². The lowest BCUT2D eigenvalue weighted by Crippen LogP contribution is -2.47. The van der Waals surface area contributed by atoms with Gasteiger partial charge in [0.05, 0.1) is 0 Å². The van der Waals surface area contributed by atoms with Gasteiger partial charge in [0.25, 0.3) is 0 Å². The summed E-state index contributed by atoms with van der Waals surface area (Å²) in [5.74, 6) is 0.551. The molecule has 0 bridgehead atoms. The molecule has 144 valence electrons. The summed E-state index contributed by atoms with van der Waals surface area (Å²) in [6, 6.07) is 7.16. The lowest BCUT2D eigenvalue weighted by atomic mass is 9.89. The SMILES string of the molecule is Cl.O=C(c1ccc(Cl)cc1)C1CCN(CCC(=O)N2CCNCC2)CC1. The molecule has 2 heterocycles. The van der Waals surface area contributed by atoms with Crippen LogP contribution in [0.4, 0.5) is 0 Å². The molecule has 0 aliphatic carbocycles. The fourth-order valence-corrected chi connectivity index (χ4v) is 3.72. The second-order valence-electron chi connectivity index (χ2n) is 6.87. The molecule has 1 aromatic rings. The van der Waals surface area contributed by atoms with Crippen molar-refractivity contribution >= 4 is 35.7 Å². The van der Waals surface area contributed by atoms with E-state index in [0.717, 1.165) is 64.2 Å². The number of Topliss-reactive ketones (excluding diaryl/α,β-unsaturated/α-hetero) is 1. The van der Waals surface area contributed by atoms with Crippen molar-refractivity contribution in [2.24, 2.45) is 5.92 Å². The number of likely N-dealkylation sites (tertiary alicyclic amines) is 1. The molecular formula is C19H27Cl2N3O2. The molecule has 1 N–H and O–H groups in total. The molecule has 26 heavy (non-hydrogen) atoms. The van der Waals surface area contributed by atoms with E-state index >= 15 is 0 Å². The first-order chi connectivity index (χ1) is 12.1. The van der Waals surface area contributed by atoms with Crippen molar-refractivity contribution < 1.29 is 9.59 Å². The molecule has 0 saturated carbocycles. The number of carbonyl (C=O) groups excluding carboxylic acids is 2. The lowest BCUT2D eigenvalue weighted by Gasteiger charge is -2.32. The quantitative estimate of drug-likeness (QED) is 0.772. The Hall–Kier alpha value is -1.14. The third-order valence-electron chi connectivity index (χ3n) is 5.20. The summed E-state index contributed by atoms with van der Waals surface area (Å²) in [4.78, 5) is 29.1. The van der Waals surface area contributed by atoms with Crippen LogP contribution >= 0.6 is 24.0 Å². The maximum absolute atomic E-state index is 12.6. The molecule has 0 aromatic heterocycles. The Labute approximate surface area is 166 Å². The van der Waals surface area contributed by atoms with Gasteiger partial charge in [0.2, 0.25) is 5.91 Å². The molecule has 3 rings (SSSR count). The number of nitrogens with zero attached hydrogens (tertiary/aromatic N) is 2. The third-order valence-corrected chi connectivity index (χ3v) is 5.45. The van der Waals surface area contributed by atoms with E-state index in [1.165, 1.54) is 0 Å². The van der Waals surface area contributed by atoms with Crippen LogP contribution in [0.3, 0.4) is 0 Å². The van der Waals surface area contributed by atoms with E-state index < -0.39 is 0 Å². The average Bonchev–Trinajstić information content (AvgIpc) is 2.67. The molecule has 0 atom stereocenters. The van der Waals surface area contributed by atoms with Crippen LogP contribution in [0, 0.1) is 5.92 Å². The predicted octanol–water partition coefficient (Wildman–Crippen LogP) is 2.48. The number of piperidine rings is 1. The first-order valence-electron chi connectivity index (χ1n) is 9.14. The summed E-state index contributed by atoms with van der Waals surface area (Å²) in [7, 11) is 0. The summed E-state index contributed by atoms with van der Waals surface area (Å²) in [5.41, 5.74) is 0.747. The van der Waals surface area contributed by atoms with E-state index in [1.807, 2.05) is 17.0 Å². The van der Waals surface area contributed by atoms with E-state index in [-0.39, 0.29) is 30.0 Å². The molecule has 0 radical (unpaired) electrons. The number of carbonyl (C=O) groups is 2. The minimum Gasteiger partial charge on any atom is -0.340 e. The molecule has 2 aliphatic heterocycles. The van der Waals surface area contributed by atoms with Gasteiger partial charge in [-0.1, -0.05) is 11.6 Å². The number of rotatable bonds is 5. The number of halogens is 2. The van der Waals surface area contributed by atoms with Crippen LogP contribution in [0.1, 0.15) is 29.6 Å². The highest BCUT2D eigenvalue weighted by Crippen LogP contribution is 2.23. The van der Waals surface area contributed by atoms with E-state index in [0.29, 0.717) is 11.4 Å². The summed E-state index contributed by atoms with van der Waals surface area (Å²) in [5, 5.41) is 3.92. The van der Waals surface area contributed by atoms with Crippen molar-refractivity contribution in [1.82, 2.24) is 15.1 Å². The normalized spacial score (nSPS) is 19.0. The van der Waals surface area contributed by atoms with Crippen molar-refractivity contribution in [2.45, 2.75) is 19.3 Å². The highest BCUT2D eigenvalue weighted by molar-refractivity contribution is 6.30. The molecule has 0 spiro atoms. The van der Waals surface area contributed by atoms with Gasteiger partial charge in [-0.05, 0) is 50.2 Å². The average molecular weight is 400 g/mol. The van der Waals surface area contributed by atoms with Gasteiger partial charge in [-0.15, -0.1) is 12.4 Å². The number of ketones is 1. The molecule has 2 saturated heterocycles. The molecule has 7 heteroatoms. The van der Waals surface area contributed by atoms with Crippen LogP contribution in [0.25, 0.3) is 0 Å². The topological polar surface area (TPSA) is 52.7 Å².